The van der Waals surface area contributed by atoms with Crippen LogP contribution in [0.15, 0.2) is 55.1 Å². The second kappa shape index (κ2) is 11.4. The Balaban J connectivity index is 1.70. The third-order valence-corrected chi connectivity index (χ3v) is 6.87. The Labute approximate surface area is 220 Å². The van der Waals surface area contributed by atoms with E-state index in [-0.39, 0.29) is 18.3 Å². The molecule has 2 aliphatic rings. The van der Waals surface area contributed by atoms with Gasteiger partial charge in [0.05, 0.1) is 36.7 Å². The van der Waals surface area contributed by atoms with Crippen molar-refractivity contribution in [3.63, 3.8) is 0 Å². The minimum Gasteiger partial charge on any atom is -0.433 e. The van der Waals surface area contributed by atoms with E-state index in [1.807, 2.05) is 11.1 Å². The Morgan fingerprint density at radius 2 is 2.11 bits per heavy atom. The second-order valence-corrected chi connectivity index (χ2v) is 9.27. The fourth-order valence-electron chi connectivity index (χ4n) is 4.58. The fourth-order valence-corrected chi connectivity index (χ4v) is 4.77. The third-order valence-electron chi connectivity index (χ3n) is 6.49. The molecule has 2 aromatic rings. The predicted octanol–water partition coefficient (Wildman–Crippen LogP) is 4.53. The fraction of sp³-hybridized carbons (Fsp3) is 0.333. The molecule has 0 saturated heterocycles. The lowest BCUT2D eigenvalue weighted by Crippen LogP contribution is -2.42. The average molecular weight is 549 g/mol. The topological polar surface area (TPSA) is 85.6 Å². The first-order chi connectivity index (χ1) is 17.5. The van der Waals surface area contributed by atoms with E-state index in [0.29, 0.717) is 30.7 Å². The number of fused-ring (bicyclic) bond motifs is 1. The molecular formula is C27H29BrN6O2. The molecular weight excluding hydrogens is 520 g/mol. The molecule has 1 aromatic carbocycles. The molecule has 0 atom stereocenters. The van der Waals surface area contributed by atoms with Gasteiger partial charge >= 0.3 is 6.01 Å². The van der Waals surface area contributed by atoms with Crippen LogP contribution in [0.25, 0.3) is 0 Å². The van der Waals surface area contributed by atoms with E-state index >= 15 is 0 Å². The van der Waals surface area contributed by atoms with Crippen LogP contribution in [0.4, 0.5) is 11.5 Å². The standard InChI is InChI=1S/C27H29BrN6O2/c1-4-36-27-30-23-18-32(24-8-5-7-19(2)20(24)3)14-11-22(23)26(31-27)33-15-16-34(21(17-33)10-13-29)25(35)9-6-12-28/h4-9,17H,1,10-12,14-16,18H2,2-3H3/b9-6+. The van der Waals surface area contributed by atoms with E-state index in [9.17, 15) is 10.1 Å². The molecule has 0 bridgehead atoms. The summed E-state index contributed by atoms with van der Waals surface area (Å²) in [6.07, 6.45) is 7.33. The van der Waals surface area contributed by atoms with Gasteiger partial charge in [-0.1, -0.05) is 40.7 Å². The number of allylic oxidation sites excluding steroid dienone is 2. The highest BCUT2D eigenvalue weighted by Crippen LogP contribution is 2.34. The zero-order valence-corrected chi connectivity index (χ0v) is 22.2. The number of carbonyl (C=O) groups excluding carboxylic acids is 1. The highest BCUT2D eigenvalue weighted by Gasteiger charge is 2.29. The van der Waals surface area contributed by atoms with Crippen molar-refractivity contribution in [3.8, 4) is 12.1 Å². The van der Waals surface area contributed by atoms with Crippen LogP contribution < -0.4 is 14.5 Å². The number of aryl methyl sites for hydroxylation is 1. The number of benzene rings is 1. The van der Waals surface area contributed by atoms with Crippen LogP contribution in [0.3, 0.4) is 0 Å². The summed E-state index contributed by atoms with van der Waals surface area (Å²) < 4.78 is 5.51. The Morgan fingerprint density at radius 1 is 1.28 bits per heavy atom. The number of hydrogen-bond acceptors (Lipinski definition) is 7. The quantitative estimate of drug-likeness (QED) is 0.285. The van der Waals surface area contributed by atoms with E-state index in [4.69, 9.17) is 14.7 Å². The van der Waals surface area contributed by atoms with Gasteiger partial charge in [-0.05, 0) is 37.5 Å². The summed E-state index contributed by atoms with van der Waals surface area (Å²) in [5.74, 6) is 0.608. The summed E-state index contributed by atoms with van der Waals surface area (Å²) >= 11 is 3.30. The van der Waals surface area contributed by atoms with E-state index in [1.54, 1.807) is 11.0 Å². The van der Waals surface area contributed by atoms with Gasteiger partial charge in [-0.3, -0.25) is 4.79 Å². The first-order valence-corrected chi connectivity index (χ1v) is 13.0. The smallest absolute Gasteiger partial charge is 0.323 e. The molecule has 0 spiro atoms. The molecule has 9 heteroatoms. The van der Waals surface area contributed by atoms with Crippen LogP contribution in [-0.4, -0.2) is 45.7 Å². The van der Waals surface area contributed by atoms with Gasteiger partial charge in [-0.25, -0.2) is 0 Å². The van der Waals surface area contributed by atoms with E-state index < -0.39 is 0 Å². The Morgan fingerprint density at radius 3 is 2.86 bits per heavy atom. The number of aromatic nitrogens is 2. The molecule has 0 unspecified atom stereocenters. The lowest BCUT2D eigenvalue weighted by Gasteiger charge is -2.36. The van der Waals surface area contributed by atoms with Crippen LogP contribution in [0.5, 0.6) is 6.01 Å². The highest BCUT2D eigenvalue weighted by atomic mass is 79.9. The van der Waals surface area contributed by atoms with Crippen LogP contribution >= 0.6 is 15.9 Å². The largest absolute Gasteiger partial charge is 0.433 e. The molecule has 0 radical (unpaired) electrons. The zero-order chi connectivity index (χ0) is 25.7. The first kappa shape index (κ1) is 25.5. The van der Waals surface area contributed by atoms with Crippen molar-refractivity contribution in [1.29, 1.82) is 5.26 Å². The molecule has 1 aromatic heterocycles. The summed E-state index contributed by atoms with van der Waals surface area (Å²) in [6.45, 7) is 10.4. The summed E-state index contributed by atoms with van der Waals surface area (Å²) in [6, 6.07) is 8.76. The van der Waals surface area contributed by atoms with Crippen molar-refractivity contribution in [2.45, 2.75) is 33.2 Å². The Hall–Kier alpha value is -3.64. The number of nitriles is 1. The van der Waals surface area contributed by atoms with Crippen molar-refractivity contribution in [2.24, 2.45) is 0 Å². The van der Waals surface area contributed by atoms with Gasteiger partial charge < -0.3 is 19.4 Å². The molecule has 8 nitrogen and oxygen atoms in total. The van der Waals surface area contributed by atoms with Crippen molar-refractivity contribution in [1.82, 2.24) is 14.9 Å². The van der Waals surface area contributed by atoms with Crippen LogP contribution in [-0.2, 0) is 17.8 Å². The summed E-state index contributed by atoms with van der Waals surface area (Å²) in [5, 5.41) is 9.99. The number of anilines is 2. The second-order valence-electron chi connectivity index (χ2n) is 8.63. The molecule has 2 aliphatic heterocycles. The molecule has 3 heterocycles. The Kier molecular flexibility index (Phi) is 8.06. The van der Waals surface area contributed by atoms with Crippen LogP contribution in [0, 0.1) is 25.2 Å². The van der Waals surface area contributed by atoms with Crippen molar-refractivity contribution >= 4 is 33.3 Å². The van der Waals surface area contributed by atoms with E-state index in [1.165, 1.54) is 29.2 Å². The summed E-state index contributed by atoms with van der Waals surface area (Å²) in [7, 11) is 0. The van der Waals surface area contributed by atoms with Gasteiger partial charge in [0.25, 0.3) is 5.91 Å². The van der Waals surface area contributed by atoms with Gasteiger partial charge in [-0.15, -0.1) is 0 Å². The normalized spacial score (nSPS) is 15.4. The SMILES string of the molecule is C=COc1nc2c(c(N3C=C(CC#N)N(C(=O)/C=C/CBr)CC3)n1)CCN(c1cccc(C)c1C)C2. The maximum atomic E-state index is 12.7. The van der Waals surface area contributed by atoms with E-state index in [0.717, 1.165) is 30.0 Å². The maximum Gasteiger partial charge on any atom is 0.323 e. The minimum absolute atomic E-state index is 0.119. The number of ether oxygens (including phenoxy) is 1. The molecule has 36 heavy (non-hydrogen) atoms. The van der Waals surface area contributed by atoms with Crippen molar-refractivity contribution in [3.05, 3.63) is 77.5 Å². The van der Waals surface area contributed by atoms with Crippen LogP contribution in [0.2, 0.25) is 0 Å². The molecule has 4 rings (SSSR count). The van der Waals surface area contributed by atoms with Gasteiger partial charge in [0.2, 0.25) is 0 Å². The monoisotopic (exact) mass is 548 g/mol. The predicted molar refractivity (Wildman–Crippen MR) is 144 cm³/mol. The molecule has 0 fully saturated rings. The number of alkyl halides is 1. The Bertz CT molecular complexity index is 1270. The molecule has 0 aliphatic carbocycles. The number of rotatable bonds is 7. The van der Waals surface area contributed by atoms with Gasteiger partial charge in [0.1, 0.15) is 5.82 Å². The van der Waals surface area contributed by atoms with Gasteiger partial charge in [0, 0.05) is 48.5 Å². The lowest BCUT2D eigenvalue weighted by molar-refractivity contribution is -0.124. The third kappa shape index (κ3) is 5.29. The highest BCUT2D eigenvalue weighted by molar-refractivity contribution is 9.09. The van der Waals surface area contributed by atoms with Crippen molar-refractivity contribution in [2.75, 3.05) is 34.8 Å². The summed E-state index contributed by atoms with van der Waals surface area (Å²) in [4.78, 5) is 28.0. The molecule has 1 amide bonds. The zero-order valence-electron chi connectivity index (χ0n) is 20.6. The minimum atomic E-state index is -0.139. The summed E-state index contributed by atoms with van der Waals surface area (Å²) in [5.41, 5.74) is 6.31. The van der Waals surface area contributed by atoms with Crippen molar-refractivity contribution < 1.29 is 9.53 Å². The number of amides is 1. The van der Waals surface area contributed by atoms with E-state index in [2.05, 4.69) is 65.5 Å². The van der Waals surface area contributed by atoms with Gasteiger partial charge in [0.15, 0.2) is 0 Å². The number of hydrogen-bond donors (Lipinski definition) is 0. The molecule has 0 saturated carbocycles. The number of carbonyl (C=O) groups is 1. The molecule has 186 valence electrons. The lowest BCUT2D eigenvalue weighted by atomic mass is 10.0. The number of halogens is 1. The maximum absolute atomic E-state index is 12.7. The average Bonchev–Trinajstić information content (AvgIpc) is 2.88. The molecule has 0 N–H and O–H groups in total. The first-order valence-electron chi connectivity index (χ1n) is 11.8. The van der Waals surface area contributed by atoms with Crippen LogP contribution in [0.1, 0.15) is 28.8 Å². The van der Waals surface area contributed by atoms with Gasteiger partial charge in [-0.2, -0.15) is 15.2 Å². The number of nitrogens with zero attached hydrogens (tertiary/aromatic N) is 6.